The highest BCUT2D eigenvalue weighted by atomic mass is 32.1. The summed E-state index contributed by atoms with van der Waals surface area (Å²) < 4.78 is 12.4. The first-order valence-corrected chi connectivity index (χ1v) is 3.99. The Bertz CT molecular complexity index is 339. The Balaban J connectivity index is 2.45. The second kappa shape index (κ2) is 2.47. The smallest absolute Gasteiger partial charge is 0.209 e. The molecule has 0 unspecified atom stereocenters. The van der Waals surface area contributed by atoms with Crippen molar-refractivity contribution in [3.63, 3.8) is 0 Å². The van der Waals surface area contributed by atoms with E-state index in [1.54, 1.807) is 11.3 Å². The summed E-state index contributed by atoms with van der Waals surface area (Å²) in [5, 5.41) is 7.95. The van der Waals surface area contributed by atoms with Crippen LogP contribution in [0.2, 0.25) is 0 Å². The predicted octanol–water partition coefficient (Wildman–Crippen LogP) is 2.28. The lowest BCUT2D eigenvalue weighted by atomic mass is 10.3. The van der Waals surface area contributed by atoms with Crippen LogP contribution in [0, 0.1) is 5.95 Å². The van der Waals surface area contributed by atoms with Crippen molar-refractivity contribution >= 4 is 11.3 Å². The standard InChI is InChI=1S/C7H5FN2S/c8-7-4-5(9-10-7)6-2-1-3-11-6/h1-4H,(H,9,10). The van der Waals surface area contributed by atoms with Gasteiger partial charge in [-0.25, -0.2) is 0 Å². The van der Waals surface area contributed by atoms with Gasteiger partial charge in [-0.1, -0.05) is 6.07 Å². The molecule has 0 aliphatic carbocycles. The molecule has 0 saturated carbocycles. The summed E-state index contributed by atoms with van der Waals surface area (Å²) in [6.45, 7) is 0. The van der Waals surface area contributed by atoms with E-state index in [0.29, 0.717) is 5.69 Å². The summed E-state index contributed by atoms with van der Waals surface area (Å²) in [5.74, 6) is -0.395. The minimum Gasteiger partial charge on any atom is -0.252 e. The summed E-state index contributed by atoms with van der Waals surface area (Å²) in [4.78, 5) is 0.977. The Morgan fingerprint density at radius 3 is 3.00 bits per heavy atom. The molecule has 2 aromatic rings. The van der Waals surface area contributed by atoms with Gasteiger partial charge in [-0.2, -0.15) is 9.49 Å². The molecular formula is C7H5FN2S. The number of hydrogen-bond donors (Lipinski definition) is 1. The van der Waals surface area contributed by atoms with Crippen LogP contribution in [0.25, 0.3) is 10.6 Å². The van der Waals surface area contributed by atoms with E-state index in [1.165, 1.54) is 6.07 Å². The van der Waals surface area contributed by atoms with Crippen LogP contribution in [0.5, 0.6) is 0 Å². The molecule has 0 radical (unpaired) electrons. The van der Waals surface area contributed by atoms with Crippen molar-refractivity contribution in [2.75, 3.05) is 0 Å². The quantitative estimate of drug-likeness (QED) is 0.695. The molecule has 2 nitrogen and oxygen atoms in total. The van der Waals surface area contributed by atoms with E-state index in [9.17, 15) is 4.39 Å². The summed E-state index contributed by atoms with van der Waals surface area (Å²) in [6, 6.07) is 5.19. The largest absolute Gasteiger partial charge is 0.252 e. The van der Waals surface area contributed by atoms with Gasteiger partial charge in [-0.3, -0.25) is 5.10 Å². The predicted molar refractivity (Wildman–Crippen MR) is 41.9 cm³/mol. The average Bonchev–Trinajstić information content (AvgIpc) is 2.55. The monoisotopic (exact) mass is 168 g/mol. The van der Waals surface area contributed by atoms with E-state index in [0.717, 1.165) is 4.88 Å². The van der Waals surface area contributed by atoms with Gasteiger partial charge in [0.15, 0.2) is 0 Å². The second-order valence-corrected chi connectivity index (χ2v) is 3.03. The number of aromatic amines is 1. The molecule has 56 valence electrons. The van der Waals surface area contributed by atoms with Gasteiger partial charge in [0.1, 0.15) is 5.69 Å². The molecular weight excluding hydrogens is 163 g/mol. The number of halogens is 1. The number of hydrogen-bond acceptors (Lipinski definition) is 2. The number of nitrogens with zero attached hydrogens (tertiary/aromatic N) is 1. The van der Waals surface area contributed by atoms with Gasteiger partial charge in [0.05, 0.1) is 4.88 Å². The van der Waals surface area contributed by atoms with Crippen LogP contribution in [0.15, 0.2) is 23.6 Å². The van der Waals surface area contributed by atoms with Crippen LogP contribution in [-0.4, -0.2) is 10.2 Å². The molecule has 0 atom stereocenters. The van der Waals surface area contributed by atoms with Gasteiger partial charge in [0.2, 0.25) is 5.95 Å². The normalized spacial score (nSPS) is 10.3. The van der Waals surface area contributed by atoms with E-state index >= 15 is 0 Å². The number of rotatable bonds is 1. The number of H-pyrrole nitrogens is 1. The zero-order valence-electron chi connectivity index (χ0n) is 5.54. The third kappa shape index (κ3) is 1.17. The molecule has 0 aromatic carbocycles. The number of nitrogens with one attached hydrogen (secondary N) is 1. The van der Waals surface area contributed by atoms with Crippen molar-refractivity contribution in [3.05, 3.63) is 29.5 Å². The molecule has 2 aromatic heterocycles. The van der Waals surface area contributed by atoms with Gasteiger partial charge in [0, 0.05) is 6.07 Å². The summed E-state index contributed by atoms with van der Waals surface area (Å²) in [7, 11) is 0. The van der Waals surface area contributed by atoms with Crippen molar-refractivity contribution in [2.24, 2.45) is 0 Å². The number of aromatic nitrogens is 2. The van der Waals surface area contributed by atoms with Crippen LogP contribution in [-0.2, 0) is 0 Å². The van der Waals surface area contributed by atoms with Crippen LogP contribution in [0.3, 0.4) is 0 Å². The molecule has 0 spiro atoms. The van der Waals surface area contributed by atoms with Gasteiger partial charge in [-0.15, -0.1) is 11.3 Å². The lowest BCUT2D eigenvalue weighted by Crippen LogP contribution is -1.70. The molecule has 1 N–H and O–H groups in total. The topological polar surface area (TPSA) is 28.7 Å². The third-order valence-electron chi connectivity index (χ3n) is 1.32. The van der Waals surface area contributed by atoms with Gasteiger partial charge in [-0.05, 0) is 11.4 Å². The highest BCUT2D eigenvalue weighted by Gasteiger charge is 2.02. The van der Waals surface area contributed by atoms with Crippen molar-refractivity contribution < 1.29 is 4.39 Å². The SMILES string of the molecule is Fc1cc(-c2cccs2)n[nH]1. The Hall–Kier alpha value is -1.16. The highest BCUT2D eigenvalue weighted by molar-refractivity contribution is 7.13. The zero-order chi connectivity index (χ0) is 7.68. The maximum atomic E-state index is 12.4. The van der Waals surface area contributed by atoms with Gasteiger partial charge < -0.3 is 0 Å². The molecule has 11 heavy (non-hydrogen) atoms. The van der Waals surface area contributed by atoms with Crippen LogP contribution in [0.4, 0.5) is 4.39 Å². The minimum atomic E-state index is -0.395. The maximum absolute atomic E-state index is 12.4. The fourth-order valence-corrected chi connectivity index (χ4v) is 1.53. The van der Waals surface area contributed by atoms with Crippen molar-refractivity contribution in [1.29, 1.82) is 0 Å². The molecule has 2 rings (SSSR count). The Morgan fingerprint density at radius 1 is 1.55 bits per heavy atom. The van der Waals surface area contributed by atoms with Gasteiger partial charge >= 0.3 is 0 Å². The lowest BCUT2D eigenvalue weighted by Gasteiger charge is -1.83. The molecule has 0 aliphatic heterocycles. The van der Waals surface area contributed by atoms with Gasteiger partial charge in [0.25, 0.3) is 0 Å². The molecule has 4 heteroatoms. The molecule has 0 amide bonds. The average molecular weight is 168 g/mol. The van der Waals surface area contributed by atoms with E-state index in [2.05, 4.69) is 10.2 Å². The first-order chi connectivity index (χ1) is 5.36. The second-order valence-electron chi connectivity index (χ2n) is 2.08. The van der Waals surface area contributed by atoms with E-state index in [-0.39, 0.29) is 0 Å². The molecule has 0 aliphatic rings. The summed E-state index contributed by atoms with van der Waals surface area (Å²) in [6.07, 6.45) is 0. The Labute approximate surface area is 66.7 Å². The molecule has 0 fully saturated rings. The van der Waals surface area contributed by atoms with E-state index in [1.807, 2.05) is 17.5 Å². The lowest BCUT2D eigenvalue weighted by molar-refractivity contribution is 0.579. The highest BCUT2D eigenvalue weighted by Crippen LogP contribution is 2.22. The summed E-state index contributed by atoms with van der Waals surface area (Å²) in [5.41, 5.74) is 0.664. The van der Waals surface area contributed by atoms with Crippen molar-refractivity contribution in [3.8, 4) is 10.6 Å². The molecule has 0 bridgehead atoms. The first-order valence-electron chi connectivity index (χ1n) is 3.11. The van der Waals surface area contributed by atoms with Crippen LogP contribution >= 0.6 is 11.3 Å². The number of thiophene rings is 1. The van der Waals surface area contributed by atoms with Crippen LogP contribution in [0.1, 0.15) is 0 Å². The van der Waals surface area contributed by atoms with Crippen molar-refractivity contribution in [2.45, 2.75) is 0 Å². The Morgan fingerprint density at radius 2 is 2.45 bits per heavy atom. The van der Waals surface area contributed by atoms with Crippen LogP contribution < -0.4 is 0 Å². The van der Waals surface area contributed by atoms with E-state index < -0.39 is 5.95 Å². The molecule has 2 heterocycles. The maximum Gasteiger partial charge on any atom is 0.209 e. The van der Waals surface area contributed by atoms with Crippen molar-refractivity contribution in [1.82, 2.24) is 10.2 Å². The zero-order valence-corrected chi connectivity index (χ0v) is 6.36. The third-order valence-corrected chi connectivity index (χ3v) is 2.21. The molecule has 0 saturated heterocycles. The fourth-order valence-electron chi connectivity index (χ4n) is 0.849. The summed E-state index contributed by atoms with van der Waals surface area (Å²) >= 11 is 1.54. The van der Waals surface area contributed by atoms with E-state index in [4.69, 9.17) is 0 Å². The minimum absolute atomic E-state index is 0.395. The fraction of sp³-hybridized carbons (Fsp3) is 0. The first kappa shape index (κ1) is 6.54. The Kier molecular flexibility index (Phi) is 1.47.